The van der Waals surface area contributed by atoms with Gasteiger partial charge in [-0.3, -0.25) is 0 Å². The summed E-state index contributed by atoms with van der Waals surface area (Å²) < 4.78 is 10.6. The number of hydrogen-bond acceptors (Lipinski definition) is 2. The van der Waals surface area contributed by atoms with Gasteiger partial charge < -0.3 is 9.47 Å². The molecule has 0 saturated carbocycles. The van der Waals surface area contributed by atoms with Gasteiger partial charge in [-0.25, -0.2) is 0 Å². The van der Waals surface area contributed by atoms with Crippen molar-refractivity contribution in [1.82, 2.24) is 0 Å². The van der Waals surface area contributed by atoms with Crippen LogP contribution in [-0.2, 0) is 9.47 Å². The van der Waals surface area contributed by atoms with E-state index in [1.807, 2.05) is 6.08 Å². The minimum Gasteiger partial charge on any atom is -0.376 e. The van der Waals surface area contributed by atoms with E-state index in [0.717, 1.165) is 26.1 Å². The highest BCUT2D eigenvalue weighted by atomic mass is 16.6. The molecule has 0 bridgehead atoms. The van der Waals surface area contributed by atoms with Gasteiger partial charge in [-0.05, 0) is 26.7 Å². The summed E-state index contributed by atoms with van der Waals surface area (Å²) in [5.41, 5.74) is 0. The molecule has 2 unspecified atom stereocenters. The zero-order valence-corrected chi connectivity index (χ0v) is 7.66. The first-order valence-corrected chi connectivity index (χ1v) is 4.50. The van der Waals surface area contributed by atoms with Crippen molar-refractivity contribution in [3.63, 3.8) is 0 Å². The van der Waals surface area contributed by atoms with E-state index in [4.69, 9.17) is 9.47 Å². The van der Waals surface area contributed by atoms with E-state index < -0.39 is 0 Å². The van der Waals surface area contributed by atoms with Gasteiger partial charge in [0.2, 0.25) is 0 Å². The number of ether oxygens (including phenoxy) is 2. The molecular weight excluding hydrogens is 152 g/mol. The molecule has 1 rings (SSSR count). The van der Waals surface area contributed by atoms with Crippen molar-refractivity contribution in [2.45, 2.75) is 32.0 Å². The van der Waals surface area contributed by atoms with Crippen LogP contribution in [0.2, 0.25) is 0 Å². The van der Waals surface area contributed by atoms with Gasteiger partial charge in [0.25, 0.3) is 0 Å². The zero-order chi connectivity index (χ0) is 8.81. The van der Waals surface area contributed by atoms with Gasteiger partial charge in [0, 0.05) is 0 Å². The van der Waals surface area contributed by atoms with E-state index >= 15 is 0 Å². The van der Waals surface area contributed by atoms with Crippen LogP contribution >= 0.6 is 0 Å². The lowest BCUT2D eigenvalue weighted by molar-refractivity contribution is 0.0499. The van der Waals surface area contributed by atoms with Crippen molar-refractivity contribution in [1.29, 1.82) is 0 Å². The Morgan fingerprint density at radius 3 is 3.08 bits per heavy atom. The first-order chi connectivity index (χ1) is 5.83. The van der Waals surface area contributed by atoms with Crippen LogP contribution in [0.15, 0.2) is 12.2 Å². The fourth-order valence-corrected chi connectivity index (χ4v) is 0.968. The van der Waals surface area contributed by atoms with E-state index in [9.17, 15) is 0 Å². The third-order valence-electron chi connectivity index (χ3n) is 1.88. The summed E-state index contributed by atoms with van der Waals surface area (Å²) in [5, 5.41) is 0. The molecule has 2 atom stereocenters. The van der Waals surface area contributed by atoms with Crippen molar-refractivity contribution in [2.24, 2.45) is 0 Å². The van der Waals surface area contributed by atoms with Gasteiger partial charge in [-0.15, -0.1) is 0 Å². The lowest BCUT2D eigenvalue weighted by Crippen LogP contribution is -2.11. The standard InChI is InChI=1S/C10H17O2/c1-3-4-5-6-9(2)11-7-10-8-12-10/h3-4,9-10H,1,5-8H2,2H3. The second-order valence-electron chi connectivity index (χ2n) is 3.15. The van der Waals surface area contributed by atoms with Crippen LogP contribution in [0.5, 0.6) is 0 Å². The largest absolute Gasteiger partial charge is 0.376 e. The molecule has 0 amide bonds. The fraction of sp³-hybridized carbons (Fsp3) is 0.700. The quantitative estimate of drug-likeness (QED) is 0.567. The van der Waals surface area contributed by atoms with Crippen LogP contribution in [-0.4, -0.2) is 25.4 Å². The lowest BCUT2D eigenvalue weighted by atomic mass is 10.2. The van der Waals surface area contributed by atoms with Gasteiger partial charge in [0.1, 0.15) is 6.10 Å². The monoisotopic (exact) mass is 169 g/mol. The summed E-state index contributed by atoms with van der Waals surface area (Å²) in [4.78, 5) is 0. The zero-order valence-electron chi connectivity index (χ0n) is 7.66. The van der Waals surface area contributed by atoms with E-state index in [2.05, 4.69) is 19.9 Å². The Kier molecular flexibility index (Phi) is 4.33. The fourth-order valence-electron chi connectivity index (χ4n) is 0.968. The van der Waals surface area contributed by atoms with E-state index in [-0.39, 0.29) is 0 Å². The smallest absolute Gasteiger partial charge is 0.104 e. The Hall–Kier alpha value is -0.340. The summed E-state index contributed by atoms with van der Waals surface area (Å²) >= 11 is 0. The topological polar surface area (TPSA) is 21.8 Å². The highest BCUT2D eigenvalue weighted by molar-refractivity contribution is 4.84. The van der Waals surface area contributed by atoms with Crippen LogP contribution < -0.4 is 0 Å². The number of epoxide rings is 1. The summed E-state index contributed by atoms with van der Waals surface area (Å²) in [6, 6.07) is 0. The van der Waals surface area contributed by atoms with Crippen LogP contribution in [0.4, 0.5) is 0 Å². The number of hydrogen-bond donors (Lipinski definition) is 0. The molecule has 0 spiro atoms. The predicted octanol–water partition coefficient (Wildman–Crippen LogP) is 1.96. The maximum atomic E-state index is 5.53. The molecule has 0 N–H and O–H groups in total. The highest BCUT2D eigenvalue weighted by Crippen LogP contribution is 2.11. The van der Waals surface area contributed by atoms with Crippen molar-refractivity contribution in [2.75, 3.05) is 13.2 Å². The average molecular weight is 169 g/mol. The maximum absolute atomic E-state index is 5.53. The van der Waals surface area contributed by atoms with E-state index in [1.54, 1.807) is 0 Å². The van der Waals surface area contributed by atoms with Gasteiger partial charge in [0.05, 0.1) is 19.3 Å². The number of allylic oxidation sites excluding steroid dienone is 2. The summed E-state index contributed by atoms with van der Waals surface area (Å²) in [7, 11) is 0. The molecule has 1 heterocycles. The van der Waals surface area contributed by atoms with Crippen molar-refractivity contribution < 1.29 is 9.47 Å². The molecule has 1 radical (unpaired) electrons. The average Bonchev–Trinajstić information content (AvgIpc) is 2.84. The Morgan fingerprint density at radius 2 is 2.50 bits per heavy atom. The number of rotatable bonds is 6. The van der Waals surface area contributed by atoms with Gasteiger partial charge in [-0.2, -0.15) is 0 Å². The second-order valence-corrected chi connectivity index (χ2v) is 3.15. The molecule has 1 saturated heterocycles. The maximum Gasteiger partial charge on any atom is 0.104 e. The normalized spacial score (nSPS) is 24.7. The highest BCUT2D eigenvalue weighted by Gasteiger charge is 2.23. The molecule has 1 fully saturated rings. The van der Waals surface area contributed by atoms with Crippen LogP contribution in [0, 0.1) is 6.92 Å². The molecular formula is C10H17O2. The molecule has 1 aliphatic heterocycles. The van der Waals surface area contributed by atoms with Gasteiger partial charge in [0.15, 0.2) is 0 Å². The Labute approximate surface area is 74.6 Å². The molecule has 2 heteroatoms. The van der Waals surface area contributed by atoms with Crippen LogP contribution in [0.25, 0.3) is 0 Å². The first kappa shape index (κ1) is 9.75. The van der Waals surface area contributed by atoms with Crippen molar-refractivity contribution in [3.05, 3.63) is 19.1 Å². The molecule has 2 nitrogen and oxygen atoms in total. The predicted molar refractivity (Wildman–Crippen MR) is 48.9 cm³/mol. The SMILES string of the molecule is [CH2]C=CCCC(C)OCC1CO1. The second kappa shape index (κ2) is 5.33. The Morgan fingerprint density at radius 1 is 1.75 bits per heavy atom. The minimum absolute atomic E-state index is 0.338. The summed E-state index contributed by atoms with van der Waals surface area (Å²) in [6.45, 7) is 7.36. The van der Waals surface area contributed by atoms with E-state index in [0.29, 0.717) is 12.2 Å². The summed E-state index contributed by atoms with van der Waals surface area (Å²) in [5.74, 6) is 0. The lowest BCUT2D eigenvalue weighted by Gasteiger charge is -2.09. The first-order valence-electron chi connectivity index (χ1n) is 4.50. The molecule has 0 aliphatic carbocycles. The van der Waals surface area contributed by atoms with Gasteiger partial charge >= 0.3 is 0 Å². The van der Waals surface area contributed by atoms with E-state index in [1.165, 1.54) is 0 Å². The molecule has 1 aliphatic rings. The molecule has 0 aromatic heterocycles. The minimum atomic E-state index is 0.338. The molecule has 12 heavy (non-hydrogen) atoms. The molecule has 0 aromatic carbocycles. The molecule has 0 aromatic rings. The van der Waals surface area contributed by atoms with Crippen molar-refractivity contribution >= 4 is 0 Å². The third-order valence-corrected chi connectivity index (χ3v) is 1.88. The van der Waals surface area contributed by atoms with Crippen LogP contribution in [0.3, 0.4) is 0 Å². The van der Waals surface area contributed by atoms with Crippen LogP contribution in [0.1, 0.15) is 19.8 Å². The summed E-state index contributed by atoms with van der Waals surface area (Å²) in [6.07, 6.45) is 6.74. The Balaban J connectivity index is 1.91. The molecule has 69 valence electrons. The Bertz CT molecular complexity index is 139. The third kappa shape index (κ3) is 4.52. The van der Waals surface area contributed by atoms with Crippen molar-refractivity contribution in [3.8, 4) is 0 Å². The van der Waals surface area contributed by atoms with Gasteiger partial charge in [-0.1, -0.05) is 12.2 Å².